The molecule has 31 heavy (non-hydrogen) atoms. The average Bonchev–Trinajstić information content (AvgIpc) is 3.13. The van der Waals surface area contributed by atoms with E-state index in [1.54, 1.807) is 23.1 Å². The maximum atomic E-state index is 12.5. The molecule has 0 spiro atoms. The summed E-state index contributed by atoms with van der Waals surface area (Å²) in [5.74, 6) is 0.386. The lowest BCUT2D eigenvalue weighted by Gasteiger charge is -2.29. The summed E-state index contributed by atoms with van der Waals surface area (Å²) in [6.07, 6.45) is 0. The number of benzene rings is 3. The van der Waals surface area contributed by atoms with Crippen molar-refractivity contribution < 1.29 is 14.3 Å². The first kappa shape index (κ1) is 18.7. The highest BCUT2D eigenvalue weighted by Crippen LogP contribution is 2.38. The van der Waals surface area contributed by atoms with Gasteiger partial charge < -0.3 is 20.4 Å². The van der Waals surface area contributed by atoms with Gasteiger partial charge in [-0.3, -0.25) is 9.69 Å². The van der Waals surface area contributed by atoms with Crippen LogP contribution in [0.3, 0.4) is 0 Å². The van der Waals surface area contributed by atoms with Crippen molar-refractivity contribution in [2.24, 2.45) is 0 Å². The number of fused-ring (bicyclic) bond motifs is 2. The van der Waals surface area contributed by atoms with E-state index in [0.717, 1.165) is 22.3 Å². The third kappa shape index (κ3) is 3.69. The van der Waals surface area contributed by atoms with Gasteiger partial charge in [-0.1, -0.05) is 24.3 Å². The van der Waals surface area contributed by atoms with Crippen LogP contribution >= 0.6 is 0 Å². The Kier molecular flexibility index (Phi) is 4.55. The predicted molar refractivity (Wildman–Crippen MR) is 121 cm³/mol. The van der Waals surface area contributed by atoms with Gasteiger partial charge in [0.2, 0.25) is 0 Å². The zero-order valence-electron chi connectivity index (χ0n) is 16.8. The number of ether oxygens (including phenoxy) is 1. The third-order valence-corrected chi connectivity index (χ3v) is 5.09. The number of carbonyl (C=O) groups excluding carboxylic acids is 2. The minimum Gasteiger partial charge on any atom is -0.481 e. The van der Waals surface area contributed by atoms with Crippen LogP contribution in [0.15, 0.2) is 72.8 Å². The number of hydrogen-bond acceptors (Lipinski definition) is 3. The number of urea groups is 1. The van der Waals surface area contributed by atoms with E-state index in [-0.39, 0.29) is 18.5 Å². The lowest BCUT2D eigenvalue weighted by molar-refractivity contribution is -0.120. The molecule has 4 aromatic rings. The number of hydrogen-bond donors (Lipinski definition) is 3. The second-order valence-corrected chi connectivity index (χ2v) is 7.37. The number of nitrogens with zero attached hydrogens (tertiary/aromatic N) is 1. The molecule has 154 valence electrons. The SMILES string of the molecule is Cc1cc2ccc(NC(=O)Nc3ccc4c(c3)OCC(=O)N4c3ccccc3)cc2[nH]1. The molecular formula is C24H20N4O3. The molecule has 3 amide bonds. The summed E-state index contributed by atoms with van der Waals surface area (Å²) in [6, 6.07) is 22.0. The van der Waals surface area contributed by atoms with Crippen molar-refractivity contribution in [1.82, 2.24) is 4.98 Å². The molecule has 7 nitrogen and oxygen atoms in total. The molecule has 1 aliphatic heterocycles. The molecule has 0 aliphatic carbocycles. The molecule has 0 fully saturated rings. The number of H-pyrrole nitrogens is 1. The molecule has 0 saturated carbocycles. The van der Waals surface area contributed by atoms with Gasteiger partial charge in [0.15, 0.2) is 6.61 Å². The van der Waals surface area contributed by atoms with E-state index < -0.39 is 0 Å². The van der Waals surface area contributed by atoms with Crippen LogP contribution in [-0.2, 0) is 4.79 Å². The first-order chi connectivity index (χ1) is 15.1. The molecular weight excluding hydrogens is 392 g/mol. The van der Waals surface area contributed by atoms with Crippen molar-refractivity contribution in [3.63, 3.8) is 0 Å². The van der Waals surface area contributed by atoms with Gasteiger partial charge in [-0.05, 0) is 54.8 Å². The van der Waals surface area contributed by atoms with E-state index >= 15 is 0 Å². The summed E-state index contributed by atoms with van der Waals surface area (Å²) >= 11 is 0. The summed E-state index contributed by atoms with van der Waals surface area (Å²) < 4.78 is 5.61. The van der Waals surface area contributed by atoms with Gasteiger partial charge in [0.05, 0.1) is 5.69 Å². The van der Waals surface area contributed by atoms with Crippen molar-refractivity contribution >= 4 is 45.6 Å². The van der Waals surface area contributed by atoms with E-state index in [2.05, 4.69) is 21.7 Å². The Morgan fingerprint density at radius 1 is 0.968 bits per heavy atom. The fourth-order valence-electron chi connectivity index (χ4n) is 3.73. The predicted octanol–water partition coefficient (Wildman–Crippen LogP) is 5.18. The van der Waals surface area contributed by atoms with Crippen LogP contribution in [0.5, 0.6) is 5.75 Å². The van der Waals surface area contributed by atoms with Crippen molar-refractivity contribution in [2.45, 2.75) is 6.92 Å². The molecule has 1 aliphatic rings. The fourth-order valence-corrected chi connectivity index (χ4v) is 3.73. The molecule has 0 unspecified atom stereocenters. The van der Waals surface area contributed by atoms with Crippen LogP contribution < -0.4 is 20.3 Å². The smallest absolute Gasteiger partial charge is 0.323 e. The second-order valence-electron chi connectivity index (χ2n) is 7.37. The van der Waals surface area contributed by atoms with Gasteiger partial charge in [-0.25, -0.2) is 4.79 Å². The van der Waals surface area contributed by atoms with Gasteiger partial charge in [-0.2, -0.15) is 0 Å². The molecule has 0 bridgehead atoms. The normalized spacial score (nSPS) is 12.9. The van der Waals surface area contributed by atoms with Crippen LogP contribution in [-0.4, -0.2) is 23.5 Å². The number of rotatable bonds is 3. The molecule has 2 heterocycles. The highest BCUT2D eigenvalue weighted by Gasteiger charge is 2.27. The Morgan fingerprint density at radius 2 is 1.71 bits per heavy atom. The van der Waals surface area contributed by atoms with Crippen molar-refractivity contribution in [3.8, 4) is 5.75 Å². The Bertz CT molecular complexity index is 1300. The number of amides is 3. The third-order valence-electron chi connectivity index (χ3n) is 5.09. The standard InChI is InChI=1S/C24H20N4O3/c1-15-11-16-7-8-17(12-20(16)25-15)26-24(30)27-18-9-10-21-22(13-18)31-14-23(29)28(21)19-5-3-2-4-6-19/h2-13,25H,14H2,1H3,(H2,26,27,30). The number of para-hydroxylation sites is 1. The molecule has 3 N–H and O–H groups in total. The van der Waals surface area contributed by atoms with Gasteiger partial charge in [-0.15, -0.1) is 0 Å². The molecule has 5 rings (SSSR count). The van der Waals surface area contributed by atoms with Crippen LogP contribution in [0.1, 0.15) is 5.69 Å². The summed E-state index contributed by atoms with van der Waals surface area (Å²) in [6.45, 7) is 1.93. The Hall–Kier alpha value is -4.26. The van der Waals surface area contributed by atoms with Crippen molar-refractivity contribution in [1.29, 1.82) is 0 Å². The van der Waals surface area contributed by atoms with Gasteiger partial charge in [0, 0.05) is 34.3 Å². The summed E-state index contributed by atoms with van der Waals surface area (Å²) in [5, 5.41) is 6.74. The van der Waals surface area contributed by atoms with Gasteiger partial charge >= 0.3 is 6.03 Å². The first-order valence-corrected chi connectivity index (χ1v) is 9.89. The Labute approximate surface area is 178 Å². The van der Waals surface area contributed by atoms with E-state index in [0.29, 0.717) is 22.8 Å². The van der Waals surface area contributed by atoms with Crippen LogP contribution in [0.2, 0.25) is 0 Å². The van der Waals surface area contributed by atoms with Crippen molar-refractivity contribution in [3.05, 3.63) is 78.5 Å². The van der Waals surface area contributed by atoms with Crippen LogP contribution in [0.25, 0.3) is 10.9 Å². The molecule has 0 saturated heterocycles. The van der Waals surface area contributed by atoms with Crippen LogP contribution in [0, 0.1) is 6.92 Å². The number of anilines is 4. The quantitative estimate of drug-likeness (QED) is 0.433. The lowest BCUT2D eigenvalue weighted by Crippen LogP contribution is -2.35. The molecule has 7 heteroatoms. The Balaban J connectivity index is 1.34. The molecule has 0 radical (unpaired) electrons. The van der Waals surface area contributed by atoms with Crippen LogP contribution in [0.4, 0.5) is 27.5 Å². The number of nitrogens with one attached hydrogen (secondary N) is 3. The number of aromatic amines is 1. The minimum absolute atomic E-state index is 0.0624. The lowest BCUT2D eigenvalue weighted by atomic mass is 10.1. The maximum absolute atomic E-state index is 12.5. The average molecular weight is 412 g/mol. The summed E-state index contributed by atoms with van der Waals surface area (Å²) in [4.78, 5) is 29.8. The Morgan fingerprint density at radius 3 is 2.52 bits per heavy atom. The van der Waals surface area contributed by atoms with Gasteiger partial charge in [0.25, 0.3) is 5.91 Å². The highest BCUT2D eigenvalue weighted by molar-refractivity contribution is 6.05. The fraction of sp³-hybridized carbons (Fsp3) is 0.0833. The largest absolute Gasteiger partial charge is 0.481 e. The highest BCUT2D eigenvalue weighted by atomic mass is 16.5. The number of aryl methyl sites for hydroxylation is 1. The summed E-state index contributed by atoms with van der Waals surface area (Å²) in [7, 11) is 0. The van der Waals surface area contributed by atoms with Crippen molar-refractivity contribution in [2.75, 3.05) is 22.1 Å². The summed E-state index contributed by atoms with van der Waals surface area (Å²) in [5.41, 5.74) is 4.68. The first-order valence-electron chi connectivity index (χ1n) is 9.89. The zero-order chi connectivity index (χ0) is 21.4. The maximum Gasteiger partial charge on any atom is 0.323 e. The monoisotopic (exact) mass is 412 g/mol. The minimum atomic E-state index is -0.366. The van der Waals surface area contributed by atoms with E-state index in [4.69, 9.17) is 4.74 Å². The second kappa shape index (κ2) is 7.53. The van der Waals surface area contributed by atoms with E-state index in [1.807, 2.05) is 55.5 Å². The topological polar surface area (TPSA) is 86.5 Å². The molecule has 3 aromatic carbocycles. The number of carbonyl (C=O) groups is 2. The van der Waals surface area contributed by atoms with E-state index in [9.17, 15) is 9.59 Å². The van der Waals surface area contributed by atoms with E-state index in [1.165, 1.54) is 0 Å². The van der Waals surface area contributed by atoms with Gasteiger partial charge in [0.1, 0.15) is 5.75 Å². The molecule has 0 atom stereocenters. The number of aromatic nitrogens is 1. The molecule has 1 aromatic heterocycles. The zero-order valence-corrected chi connectivity index (χ0v) is 16.8.